The molecule has 0 aliphatic carbocycles. The van der Waals surface area contributed by atoms with E-state index in [0.29, 0.717) is 0 Å². The standard InChI is InChI=1S/C24H10BF10N/c26-15-13(16(27)20(31)23(34)19(15)30)25(14-17(28)21(32)24(35)22(33)18(14)29)9-10-5-1-2-6-11(10)12-7-3-4-8-36-12/h1-8H,9H2. The van der Waals surface area contributed by atoms with Gasteiger partial charge in [-0.05, 0) is 24.0 Å². The van der Waals surface area contributed by atoms with Crippen LogP contribution in [0.4, 0.5) is 43.9 Å². The van der Waals surface area contributed by atoms with E-state index in [2.05, 4.69) is 4.98 Å². The van der Waals surface area contributed by atoms with Crippen LogP contribution in [0.1, 0.15) is 5.56 Å². The van der Waals surface area contributed by atoms with Gasteiger partial charge in [0, 0.05) is 22.7 Å². The molecule has 12 heteroatoms. The molecule has 0 atom stereocenters. The molecule has 1 aromatic heterocycles. The van der Waals surface area contributed by atoms with Gasteiger partial charge in [0.15, 0.2) is 58.2 Å². The second-order valence-corrected chi connectivity index (χ2v) is 7.60. The number of hydrogen-bond acceptors (Lipinski definition) is 1. The van der Waals surface area contributed by atoms with Crippen LogP contribution in [0, 0.1) is 58.2 Å². The van der Waals surface area contributed by atoms with Gasteiger partial charge in [-0.15, -0.1) is 0 Å². The minimum atomic E-state index is -2.56. The van der Waals surface area contributed by atoms with Crippen LogP contribution in [-0.4, -0.2) is 11.7 Å². The summed E-state index contributed by atoms with van der Waals surface area (Å²) in [5.74, 6) is -24.8. The number of benzene rings is 3. The van der Waals surface area contributed by atoms with Gasteiger partial charge in [0.2, 0.25) is 6.71 Å². The van der Waals surface area contributed by atoms with Crippen LogP contribution in [-0.2, 0) is 6.32 Å². The second-order valence-electron chi connectivity index (χ2n) is 7.60. The van der Waals surface area contributed by atoms with Crippen molar-refractivity contribution in [2.24, 2.45) is 0 Å². The fraction of sp³-hybridized carbons (Fsp3) is 0.0417. The molecule has 0 bridgehead atoms. The summed E-state index contributed by atoms with van der Waals surface area (Å²) in [6.45, 7) is -2.52. The van der Waals surface area contributed by atoms with E-state index in [4.69, 9.17) is 0 Å². The molecule has 0 radical (unpaired) electrons. The van der Waals surface area contributed by atoms with Crippen molar-refractivity contribution < 1.29 is 43.9 Å². The topological polar surface area (TPSA) is 12.9 Å². The van der Waals surface area contributed by atoms with Crippen LogP contribution in [0.5, 0.6) is 0 Å². The second kappa shape index (κ2) is 9.67. The summed E-state index contributed by atoms with van der Waals surface area (Å²) in [6.07, 6.45) is 0.446. The lowest BCUT2D eigenvalue weighted by Crippen LogP contribution is -2.52. The normalized spacial score (nSPS) is 11.2. The third-order valence-electron chi connectivity index (χ3n) is 5.57. The largest absolute Gasteiger partial charge is 0.256 e. The first kappa shape index (κ1) is 25.3. The first-order valence-electron chi connectivity index (χ1n) is 10.1. The average molecular weight is 513 g/mol. The average Bonchev–Trinajstić information content (AvgIpc) is 2.89. The minimum Gasteiger partial charge on any atom is -0.256 e. The maximum atomic E-state index is 14.8. The molecule has 4 aromatic rings. The van der Waals surface area contributed by atoms with Crippen molar-refractivity contribution >= 4 is 17.6 Å². The maximum absolute atomic E-state index is 14.8. The zero-order valence-corrected chi connectivity index (χ0v) is 17.6. The van der Waals surface area contributed by atoms with Gasteiger partial charge in [-0.3, -0.25) is 4.98 Å². The van der Waals surface area contributed by atoms with Crippen molar-refractivity contribution in [3.8, 4) is 11.3 Å². The molecule has 0 amide bonds. The first-order valence-corrected chi connectivity index (χ1v) is 10.1. The Balaban J connectivity index is 2.05. The van der Waals surface area contributed by atoms with Crippen LogP contribution < -0.4 is 10.9 Å². The number of pyridine rings is 1. The summed E-state index contributed by atoms with van der Waals surface area (Å²) in [6, 6.07) is 10.2. The van der Waals surface area contributed by atoms with E-state index in [1.165, 1.54) is 36.5 Å². The summed E-state index contributed by atoms with van der Waals surface area (Å²) >= 11 is 0. The number of rotatable bonds is 5. The van der Waals surface area contributed by atoms with Crippen LogP contribution >= 0.6 is 0 Å². The summed E-state index contributed by atoms with van der Waals surface area (Å²) in [7, 11) is 0. The summed E-state index contributed by atoms with van der Waals surface area (Å²) in [4.78, 5) is 4.08. The lowest BCUT2D eigenvalue weighted by molar-refractivity contribution is 0.382. The zero-order valence-electron chi connectivity index (χ0n) is 17.6. The summed E-state index contributed by atoms with van der Waals surface area (Å²) in [5.41, 5.74) is -3.04. The van der Waals surface area contributed by atoms with E-state index in [0.717, 1.165) is 0 Å². The van der Waals surface area contributed by atoms with Gasteiger partial charge in [0.1, 0.15) is 0 Å². The number of nitrogens with zero attached hydrogens (tertiary/aromatic N) is 1. The van der Waals surface area contributed by atoms with Crippen molar-refractivity contribution in [2.45, 2.75) is 6.32 Å². The van der Waals surface area contributed by atoms with E-state index in [1.54, 1.807) is 12.1 Å². The molecule has 0 unspecified atom stereocenters. The Morgan fingerprint density at radius 2 is 0.917 bits per heavy atom. The Labute approximate surface area is 197 Å². The molecule has 1 nitrogen and oxygen atoms in total. The molecule has 3 aromatic carbocycles. The molecule has 0 fully saturated rings. The Morgan fingerprint density at radius 3 is 1.36 bits per heavy atom. The summed E-state index contributed by atoms with van der Waals surface area (Å²) < 4.78 is 142. The SMILES string of the molecule is Fc1c(F)c(F)c(B(Cc2ccccc2-c2ccccn2)c2c(F)c(F)c(F)c(F)c2F)c(F)c1F. The Morgan fingerprint density at radius 1 is 0.500 bits per heavy atom. The fourth-order valence-corrected chi connectivity index (χ4v) is 3.89. The highest BCUT2D eigenvalue weighted by Crippen LogP contribution is 2.26. The lowest BCUT2D eigenvalue weighted by atomic mass is 9.37. The monoisotopic (exact) mass is 513 g/mol. The van der Waals surface area contributed by atoms with E-state index >= 15 is 0 Å². The van der Waals surface area contributed by atoms with Gasteiger partial charge in [-0.25, -0.2) is 43.9 Å². The number of halogens is 10. The molecule has 0 aliphatic rings. The van der Waals surface area contributed by atoms with Gasteiger partial charge in [0.05, 0.1) is 5.69 Å². The highest BCUT2D eigenvalue weighted by molar-refractivity contribution is 6.85. The first-order chi connectivity index (χ1) is 17.1. The molecule has 0 saturated carbocycles. The lowest BCUT2D eigenvalue weighted by Gasteiger charge is -2.21. The third-order valence-corrected chi connectivity index (χ3v) is 5.57. The molecule has 0 saturated heterocycles. The Bertz CT molecular complexity index is 1350. The van der Waals surface area contributed by atoms with E-state index in [9.17, 15) is 43.9 Å². The molecule has 184 valence electrons. The van der Waals surface area contributed by atoms with Crippen molar-refractivity contribution in [1.29, 1.82) is 0 Å². The van der Waals surface area contributed by atoms with E-state index < -0.39 is 82.1 Å². The molecular weight excluding hydrogens is 503 g/mol. The van der Waals surface area contributed by atoms with Crippen LogP contribution in [0.15, 0.2) is 48.7 Å². The Kier molecular flexibility index (Phi) is 6.79. The fourth-order valence-electron chi connectivity index (χ4n) is 3.89. The zero-order chi connectivity index (χ0) is 26.3. The van der Waals surface area contributed by atoms with Crippen molar-refractivity contribution in [2.75, 3.05) is 0 Å². The van der Waals surface area contributed by atoms with E-state index in [-0.39, 0.29) is 16.8 Å². The minimum absolute atomic E-state index is 0.00841. The van der Waals surface area contributed by atoms with E-state index in [1.807, 2.05) is 0 Å². The molecule has 0 N–H and O–H groups in total. The van der Waals surface area contributed by atoms with Crippen molar-refractivity contribution in [3.63, 3.8) is 0 Å². The quantitative estimate of drug-likeness (QED) is 0.148. The molecule has 0 spiro atoms. The van der Waals surface area contributed by atoms with Gasteiger partial charge < -0.3 is 0 Å². The molecular formula is C24H10BF10N. The van der Waals surface area contributed by atoms with Crippen LogP contribution in [0.2, 0.25) is 0 Å². The molecule has 1 heterocycles. The predicted octanol–water partition coefficient (Wildman–Crippen LogP) is 5.53. The highest BCUT2D eigenvalue weighted by atomic mass is 19.2. The number of aromatic nitrogens is 1. The summed E-state index contributed by atoms with van der Waals surface area (Å²) in [5, 5.41) is 0. The van der Waals surface area contributed by atoms with Gasteiger partial charge in [0.25, 0.3) is 0 Å². The van der Waals surface area contributed by atoms with Crippen LogP contribution in [0.3, 0.4) is 0 Å². The van der Waals surface area contributed by atoms with Gasteiger partial charge in [-0.1, -0.05) is 30.3 Å². The molecule has 0 aliphatic heterocycles. The highest BCUT2D eigenvalue weighted by Gasteiger charge is 2.39. The smallest absolute Gasteiger partial charge is 0.229 e. The van der Waals surface area contributed by atoms with Crippen LogP contribution in [0.25, 0.3) is 11.3 Å². The van der Waals surface area contributed by atoms with Crippen molar-refractivity contribution in [1.82, 2.24) is 4.98 Å². The maximum Gasteiger partial charge on any atom is 0.229 e. The van der Waals surface area contributed by atoms with Crippen molar-refractivity contribution in [3.05, 3.63) is 112 Å². The molecule has 36 heavy (non-hydrogen) atoms. The predicted molar refractivity (Wildman–Crippen MR) is 111 cm³/mol. The number of hydrogen-bond donors (Lipinski definition) is 0. The van der Waals surface area contributed by atoms with Gasteiger partial charge >= 0.3 is 0 Å². The third kappa shape index (κ3) is 4.10. The van der Waals surface area contributed by atoms with Gasteiger partial charge in [-0.2, -0.15) is 0 Å². The molecule has 4 rings (SSSR count). The Hall–Kier alpha value is -3.83.